The summed E-state index contributed by atoms with van der Waals surface area (Å²) in [6.45, 7) is 3.35. The van der Waals surface area contributed by atoms with Crippen LogP contribution in [0.4, 0.5) is 0 Å². The van der Waals surface area contributed by atoms with E-state index in [4.69, 9.17) is 0 Å². The minimum Gasteiger partial charge on any atom is -0.365 e. The molecule has 1 aromatic carbocycles. The van der Waals surface area contributed by atoms with Crippen LogP contribution in [0.5, 0.6) is 0 Å². The van der Waals surface area contributed by atoms with Gasteiger partial charge in [0, 0.05) is 20.1 Å². The van der Waals surface area contributed by atoms with E-state index in [9.17, 15) is 0 Å². The van der Waals surface area contributed by atoms with Crippen molar-refractivity contribution in [2.24, 2.45) is 15.1 Å². The van der Waals surface area contributed by atoms with Crippen molar-refractivity contribution in [2.45, 2.75) is 6.42 Å². The average molecular weight is 332 g/mol. The predicted octanol–water partition coefficient (Wildman–Crippen LogP) is 1.61. The highest BCUT2D eigenvalue weighted by Crippen LogP contribution is 2.02. The Balaban J connectivity index is 1.71. The second-order valence-electron chi connectivity index (χ2n) is 4.92. The van der Waals surface area contributed by atoms with Gasteiger partial charge in [0.1, 0.15) is 0 Å². The number of hydrogen-bond donors (Lipinski definition) is 2. The molecule has 0 fully saturated rings. The highest BCUT2D eigenvalue weighted by molar-refractivity contribution is 8.13. The summed E-state index contributed by atoms with van der Waals surface area (Å²) in [4.78, 5) is 8.61. The summed E-state index contributed by atoms with van der Waals surface area (Å²) in [6, 6.07) is 10.1. The molecular weight excluding hydrogens is 308 g/mol. The summed E-state index contributed by atoms with van der Waals surface area (Å²) in [5, 5.41) is 14.0. The van der Waals surface area contributed by atoms with Gasteiger partial charge in [0.25, 0.3) is 0 Å². The minimum absolute atomic E-state index is 0.784. The van der Waals surface area contributed by atoms with E-state index < -0.39 is 0 Å². The summed E-state index contributed by atoms with van der Waals surface area (Å²) in [7, 11) is 1.80. The first-order valence-corrected chi connectivity index (χ1v) is 8.95. The Morgan fingerprint density at radius 2 is 2.17 bits per heavy atom. The molecule has 0 unspecified atom stereocenters. The first kappa shape index (κ1) is 17.3. The molecule has 0 saturated heterocycles. The van der Waals surface area contributed by atoms with Crippen molar-refractivity contribution < 1.29 is 0 Å². The molecule has 124 valence electrons. The first-order chi connectivity index (χ1) is 11.3. The molecule has 0 saturated carbocycles. The van der Waals surface area contributed by atoms with Crippen LogP contribution >= 0.6 is 11.8 Å². The lowest BCUT2D eigenvalue weighted by molar-refractivity contribution is 0.473. The number of rotatable bonds is 6. The second kappa shape index (κ2) is 9.89. The van der Waals surface area contributed by atoms with E-state index in [0.29, 0.717) is 0 Å². The maximum Gasteiger partial charge on any atom is 0.214 e. The van der Waals surface area contributed by atoms with Crippen LogP contribution < -0.4 is 10.6 Å². The van der Waals surface area contributed by atoms with Crippen LogP contribution in [0.3, 0.4) is 0 Å². The van der Waals surface area contributed by atoms with E-state index in [1.54, 1.807) is 18.8 Å². The fraction of sp³-hybridized carbons (Fsp3) is 0.438. The summed E-state index contributed by atoms with van der Waals surface area (Å²) < 4.78 is 0. The third-order valence-corrected chi connectivity index (χ3v) is 3.99. The van der Waals surface area contributed by atoms with Gasteiger partial charge < -0.3 is 10.6 Å². The number of nitrogens with zero attached hydrogens (tertiary/aromatic N) is 4. The molecule has 7 heteroatoms. The Bertz CT molecular complexity index is 555. The number of aliphatic imine (C=N–C) groups is 2. The highest BCUT2D eigenvalue weighted by atomic mass is 32.2. The number of amidine groups is 1. The quantitative estimate of drug-likeness (QED) is 0.472. The average Bonchev–Trinajstić information content (AvgIpc) is 3.04. The number of hydrazone groups is 1. The Hall–Kier alpha value is -2.02. The normalized spacial score (nSPS) is 15.1. The van der Waals surface area contributed by atoms with Gasteiger partial charge in [-0.3, -0.25) is 4.99 Å². The number of hydrogen-bond acceptors (Lipinski definition) is 6. The lowest BCUT2D eigenvalue weighted by Crippen LogP contribution is -2.36. The van der Waals surface area contributed by atoms with Crippen molar-refractivity contribution in [2.75, 3.05) is 39.5 Å². The minimum atomic E-state index is 0.784. The van der Waals surface area contributed by atoms with Crippen LogP contribution in [0.2, 0.25) is 0 Å². The van der Waals surface area contributed by atoms with Crippen molar-refractivity contribution in [3.05, 3.63) is 35.9 Å². The van der Waals surface area contributed by atoms with Crippen molar-refractivity contribution >= 4 is 29.1 Å². The summed E-state index contributed by atoms with van der Waals surface area (Å²) in [5.74, 6) is 0.853. The molecule has 0 bridgehead atoms. The molecule has 2 rings (SSSR count). The topological polar surface area (TPSA) is 64.4 Å². The zero-order chi connectivity index (χ0) is 16.3. The SMILES string of the molecule is CN=C(NCCCNC1=NCCN1N=Cc1ccccc1)SC. The molecule has 1 heterocycles. The molecule has 1 aliphatic rings. The standard InChI is InChI=1S/C16H24N6S/c1-17-16(23-2)20-10-6-9-18-15-19-11-12-22(15)21-13-14-7-4-3-5-8-14/h3-5,7-8,13H,6,9-12H2,1-2H3,(H,17,20)(H,18,19). The zero-order valence-corrected chi connectivity index (χ0v) is 14.5. The third kappa shape index (κ3) is 5.94. The van der Waals surface area contributed by atoms with E-state index in [2.05, 4.69) is 25.7 Å². The van der Waals surface area contributed by atoms with Crippen LogP contribution in [0.15, 0.2) is 45.4 Å². The Labute approximate surface area is 142 Å². The second-order valence-corrected chi connectivity index (χ2v) is 5.72. The van der Waals surface area contributed by atoms with Gasteiger partial charge in [0.15, 0.2) is 5.17 Å². The number of benzene rings is 1. The zero-order valence-electron chi connectivity index (χ0n) is 13.7. The Morgan fingerprint density at radius 3 is 2.91 bits per heavy atom. The van der Waals surface area contributed by atoms with Gasteiger partial charge in [-0.1, -0.05) is 42.1 Å². The van der Waals surface area contributed by atoms with E-state index in [1.807, 2.05) is 47.8 Å². The molecule has 0 aliphatic carbocycles. The van der Waals surface area contributed by atoms with Crippen molar-refractivity contribution in [3.8, 4) is 0 Å². The van der Waals surface area contributed by atoms with Crippen molar-refractivity contribution in [1.29, 1.82) is 0 Å². The molecule has 1 aromatic rings. The summed E-state index contributed by atoms with van der Waals surface area (Å²) in [5.41, 5.74) is 1.09. The largest absolute Gasteiger partial charge is 0.365 e. The monoisotopic (exact) mass is 332 g/mol. The van der Waals surface area contributed by atoms with Crippen molar-refractivity contribution in [3.63, 3.8) is 0 Å². The molecule has 0 aromatic heterocycles. The smallest absolute Gasteiger partial charge is 0.214 e. The van der Waals surface area contributed by atoms with E-state index in [-0.39, 0.29) is 0 Å². The predicted molar refractivity (Wildman–Crippen MR) is 101 cm³/mol. The van der Waals surface area contributed by atoms with Crippen LogP contribution in [-0.4, -0.2) is 61.8 Å². The fourth-order valence-electron chi connectivity index (χ4n) is 2.10. The van der Waals surface area contributed by atoms with Crippen LogP contribution in [-0.2, 0) is 0 Å². The van der Waals surface area contributed by atoms with Gasteiger partial charge in [0.05, 0.1) is 19.3 Å². The van der Waals surface area contributed by atoms with Crippen LogP contribution in [0.1, 0.15) is 12.0 Å². The molecule has 1 aliphatic heterocycles. The molecule has 6 nitrogen and oxygen atoms in total. The molecule has 0 amide bonds. The molecule has 0 spiro atoms. The van der Waals surface area contributed by atoms with E-state index in [1.165, 1.54) is 0 Å². The maximum atomic E-state index is 4.51. The lowest BCUT2D eigenvalue weighted by atomic mass is 10.2. The van der Waals surface area contributed by atoms with Gasteiger partial charge in [-0.25, -0.2) is 10.0 Å². The van der Waals surface area contributed by atoms with Crippen LogP contribution in [0, 0.1) is 0 Å². The summed E-state index contributed by atoms with van der Waals surface area (Å²) in [6.07, 6.45) is 4.88. The van der Waals surface area contributed by atoms with Gasteiger partial charge in [-0.05, 0) is 18.2 Å². The number of guanidine groups is 1. The van der Waals surface area contributed by atoms with Crippen molar-refractivity contribution in [1.82, 2.24) is 15.6 Å². The van der Waals surface area contributed by atoms with E-state index in [0.717, 1.165) is 49.3 Å². The fourth-order valence-corrected chi connectivity index (χ4v) is 2.53. The molecular formula is C16H24N6S. The summed E-state index contributed by atoms with van der Waals surface area (Å²) >= 11 is 1.63. The molecule has 0 atom stereocenters. The van der Waals surface area contributed by atoms with Gasteiger partial charge >= 0.3 is 0 Å². The molecule has 23 heavy (non-hydrogen) atoms. The first-order valence-electron chi connectivity index (χ1n) is 7.73. The number of nitrogens with one attached hydrogen (secondary N) is 2. The Morgan fingerprint density at radius 1 is 1.35 bits per heavy atom. The van der Waals surface area contributed by atoms with Gasteiger partial charge in [-0.2, -0.15) is 5.10 Å². The highest BCUT2D eigenvalue weighted by Gasteiger charge is 2.14. The van der Waals surface area contributed by atoms with E-state index >= 15 is 0 Å². The number of thioether (sulfide) groups is 1. The van der Waals surface area contributed by atoms with Gasteiger partial charge in [-0.15, -0.1) is 0 Å². The molecule has 0 radical (unpaired) electrons. The maximum absolute atomic E-state index is 4.51. The van der Waals surface area contributed by atoms with Gasteiger partial charge in [0.2, 0.25) is 5.96 Å². The lowest BCUT2D eigenvalue weighted by Gasteiger charge is -2.15. The molecule has 2 N–H and O–H groups in total. The third-order valence-electron chi connectivity index (χ3n) is 3.27. The van der Waals surface area contributed by atoms with Crippen LogP contribution in [0.25, 0.3) is 0 Å². The Kier molecular flexibility index (Phi) is 7.45.